The van der Waals surface area contributed by atoms with Crippen molar-refractivity contribution in [2.75, 3.05) is 6.61 Å². The van der Waals surface area contributed by atoms with Crippen molar-refractivity contribution in [3.63, 3.8) is 0 Å². The monoisotopic (exact) mass is 444 g/mol. The van der Waals surface area contributed by atoms with Crippen LogP contribution in [0.4, 0.5) is 0 Å². The Kier molecular flexibility index (Phi) is 6.88. The summed E-state index contributed by atoms with van der Waals surface area (Å²) in [4.78, 5) is 25.3. The van der Waals surface area contributed by atoms with Crippen molar-refractivity contribution in [1.82, 2.24) is 19.5 Å². The predicted octanol–water partition coefficient (Wildman–Crippen LogP) is 3.97. The lowest BCUT2D eigenvalue weighted by molar-refractivity contribution is -0.121. The Morgan fingerprint density at radius 2 is 1.82 bits per heavy atom. The molecule has 0 spiro atoms. The lowest BCUT2D eigenvalue weighted by Gasteiger charge is -2.08. The molecule has 0 saturated heterocycles. The van der Waals surface area contributed by atoms with Gasteiger partial charge in [0.25, 0.3) is 5.56 Å². The molecule has 7 heteroatoms. The molecular weight excluding hydrogens is 416 g/mol. The third-order valence-electron chi connectivity index (χ3n) is 5.44. The standard InChI is InChI=1S/C26H28N4O3/c1-3-4-15-33-22-11-9-21(10-12-22)23-16-24-26(32)29(13-14-30(24)28-23)18-25(31)27-17-20-7-5-19(2)6-8-20/h5-14,16H,3-4,15,17-18H2,1-2H3,(H,27,31). The number of nitrogens with one attached hydrogen (secondary N) is 1. The molecule has 0 atom stereocenters. The van der Waals surface area contributed by atoms with Gasteiger partial charge in [-0.2, -0.15) is 5.10 Å². The molecule has 2 aromatic heterocycles. The van der Waals surface area contributed by atoms with Crippen LogP contribution in [0, 0.1) is 6.92 Å². The molecule has 0 aliphatic heterocycles. The first kappa shape index (κ1) is 22.3. The highest BCUT2D eigenvalue weighted by molar-refractivity contribution is 5.76. The maximum absolute atomic E-state index is 12.9. The number of rotatable bonds is 9. The van der Waals surface area contributed by atoms with Gasteiger partial charge in [-0.15, -0.1) is 0 Å². The Labute approximate surface area is 192 Å². The number of aromatic nitrogens is 3. The number of ether oxygens (including phenoxy) is 1. The summed E-state index contributed by atoms with van der Waals surface area (Å²) >= 11 is 0. The van der Waals surface area contributed by atoms with E-state index in [0.717, 1.165) is 29.7 Å². The number of hydrogen-bond donors (Lipinski definition) is 1. The Morgan fingerprint density at radius 3 is 2.55 bits per heavy atom. The van der Waals surface area contributed by atoms with Crippen molar-refractivity contribution >= 4 is 11.4 Å². The summed E-state index contributed by atoms with van der Waals surface area (Å²) in [5, 5.41) is 7.38. The summed E-state index contributed by atoms with van der Waals surface area (Å²) in [6.45, 7) is 5.21. The van der Waals surface area contributed by atoms with Crippen molar-refractivity contribution in [2.24, 2.45) is 0 Å². The Balaban J connectivity index is 1.45. The zero-order chi connectivity index (χ0) is 23.2. The number of nitrogens with zero attached hydrogens (tertiary/aromatic N) is 3. The third-order valence-corrected chi connectivity index (χ3v) is 5.44. The van der Waals surface area contributed by atoms with E-state index in [1.807, 2.05) is 55.5 Å². The van der Waals surface area contributed by atoms with Gasteiger partial charge in [0.1, 0.15) is 17.8 Å². The quantitative estimate of drug-likeness (QED) is 0.396. The van der Waals surface area contributed by atoms with Crippen LogP contribution in [0.3, 0.4) is 0 Å². The number of amides is 1. The fourth-order valence-electron chi connectivity index (χ4n) is 3.47. The fourth-order valence-corrected chi connectivity index (χ4v) is 3.47. The Hall–Kier alpha value is -3.87. The summed E-state index contributed by atoms with van der Waals surface area (Å²) in [5.74, 6) is 0.593. The summed E-state index contributed by atoms with van der Waals surface area (Å²) in [5.41, 5.74) is 3.92. The molecule has 0 aliphatic carbocycles. The molecule has 170 valence electrons. The highest BCUT2D eigenvalue weighted by atomic mass is 16.5. The molecule has 0 unspecified atom stereocenters. The normalized spacial score (nSPS) is 11.0. The molecule has 0 radical (unpaired) electrons. The van der Waals surface area contributed by atoms with E-state index < -0.39 is 0 Å². The van der Waals surface area contributed by atoms with Crippen LogP contribution in [0.1, 0.15) is 30.9 Å². The van der Waals surface area contributed by atoms with Gasteiger partial charge in [0.15, 0.2) is 0 Å². The van der Waals surface area contributed by atoms with E-state index in [2.05, 4.69) is 17.3 Å². The van der Waals surface area contributed by atoms with Crippen LogP contribution >= 0.6 is 0 Å². The number of aryl methyl sites for hydroxylation is 1. The van der Waals surface area contributed by atoms with Crippen LogP contribution in [0.25, 0.3) is 16.8 Å². The van der Waals surface area contributed by atoms with Gasteiger partial charge in [-0.25, -0.2) is 4.52 Å². The molecular formula is C26H28N4O3. The van der Waals surface area contributed by atoms with Gasteiger partial charge in [0.2, 0.25) is 5.91 Å². The van der Waals surface area contributed by atoms with Gasteiger partial charge in [-0.05, 0) is 49.2 Å². The molecule has 0 saturated carbocycles. The first-order valence-electron chi connectivity index (χ1n) is 11.2. The van der Waals surface area contributed by atoms with Crippen LogP contribution in [-0.4, -0.2) is 26.7 Å². The number of benzene rings is 2. The van der Waals surface area contributed by atoms with Crippen molar-refractivity contribution in [3.8, 4) is 17.0 Å². The second kappa shape index (κ2) is 10.2. The second-order valence-electron chi connectivity index (χ2n) is 8.08. The first-order valence-corrected chi connectivity index (χ1v) is 11.2. The number of unbranched alkanes of at least 4 members (excludes halogenated alkanes) is 1. The van der Waals surface area contributed by atoms with Crippen LogP contribution in [-0.2, 0) is 17.9 Å². The zero-order valence-electron chi connectivity index (χ0n) is 19.0. The van der Waals surface area contributed by atoms with E-state index in [0.29, 0.717) is 24.4 Å². The SMILES string of the molecule is CCCCOc1ccc(-c2cc3c(=O)n(CC(=O)NCc4ccc(C)cc4)ccn3n2)cc1. The van der Waals surface area contributed by atoms with Crippen LogP contribution in [0.15, 0.2) is 71.8 Å². The molecule has 33 heavy (non-hydrogen) atoms. The highest BCUT2D eigenvalue weighted by Crippen LogP contribution is 2.22. The van der Waals surface area contributed by atoms with Crippen molar-refractivity contribution in [2.45, 2.75) is 39.8 Å². The highest BCUT2D eigenvalue weighted by Gasteiger charge is 2.11. The second-order valence-corrected chi connectivity index (χ2v) is 8.08. The van der Waals surface area contributed by atoms with E-state index in [-0.39, 0.29) is 18.0 Å². The molecule has 0 aliphatic rings. The minimum Gasteiger partial charge on any atom is -0.494 e. The number of carbonyl (C=O) groups excluding carboxylic acids is 1. The fraction of sp³-hybridized carbons (Fsp3) is 0.269. The van der Waals surface area contributed by atoms with Crippen LogP contribution < -0.4 is 15.6 Å². The maximum Gasteiger partial charge on any atom is 0.277 e. The molecule has 4 aromatic rings. The van der Waals surface area contributed by atoms with Crippen molar-refractivity contribution in [3.05, 3.63) is 88.5 Å². The summed E-state index contributed by atoms with van der Waals surface area (Å²) in [6.07, 6.45) is 5.38. The molecule has 1 N–H and O–H groups in total. The molecule has 2 heterocycles. The summed E-state index contributed by atoms with van der Waals surface area (Å²) in [7, 11) is 0. The smallest absolute Gasteiger partial charge is 0.277 e. The van der Waals surface area contributed by atoms with Crippen molar-refractivity contribution in [1.29, 1.82) is 0 Å². The molecule has 0 bridgehead atoms. The third kappa shape index (κ3) is 5.49. The van der Waals surface area contributed by atoms with Crippen LogP contribution in [0.5, 0.6) is 5.75 Å². The molecule has 0 fully saturated rings. The number of carbonyl (C=O) groups is 1. The lowest BCUT2D eigenvalue weighted by Crippen LogP contribution is -2.32. The van der Waals surface area contributed by atoms with E-state index in [9.17, 15) is 9.59 Å². The average molecular weight is 445 g/mol. The van der Waals surface area contributed by atoms with Gasteiger partial charge in [0.05, 0.1) is 12.3 Å². The molecule has 7 nitrogen and oxygen atoms in total. The first-order chi connectivity index (χ1) is 16.0. The maximum atomic E-state index is 12.9. The van der Waals surface area contributed by atoms with Gasteiger partial charge in [0, 0.05) is 24.5 Å². The average Bonchev–Trinajstić information content (AvgIpc) is 3.26. The van der Waals surface area contributed by atoms with Gasteiger partial charge in [-0.1, -0.05) is 43.2 Å². The molecule has 4 rings (SSSR count). The van der Waals surface area contributed by atoms with Gasteiger partial charge < -0.3 is 14.6 Å². The van der Waals surface area contributed by atoms with E-state index in [1.165, 1.54) is 10.1 Å². The minimum absolute atomic E-state index is 0.0501. The number of fused-ring (bicyclic) bond motifs is 1. The van der Waals surface area contributed by atoms with Crippen LogP contribution in [0.2, 0.25) is 0 Å². The Morgan fingerprint density at radius 1 is 1.06 bits per heavy atom. The Bertz CT molecular complexity index is 1290. The number of hydrogen-bond acceptors (Lipinski definition) is 4. The van der Waals surface area contributed by atoms with E-state index in [1.54, 1.807) is 23.0 Å². The summed E-state index contributed by atoms with van der Waals surface area (Å²) in [6, 6.07) is 17.4. The van der Waals surface area contributed by atoms with E-state index >= 15 is 0 Å². The topological polar surface area (TPSA) is 77.6 Å². The molecule has 1 amide bonds. The van der Waals surface area contributed by atoms with E-state index in [4.69, 9.17) is 4.74 Å². The molecule has 2 aromatic carbocycles. The van der Waals surface area contributed by atoms with Crippen molar-refractivity contribution < 1.29 is 9.53 Å². The predicted molar refractivity (Wildman–Crippen MR) is 128 cm³/mol. The summed E-state index contributed by atoms with van der Waals surface area (Å²) < 4.78 is 8.65. The zero-order valence-corrected chi connectivity index (χ0v) is 19.0. The van der Waals surface area contributed by atoms with Gasteiger partial charge >= 0.3 is 0 Å². The minimum atomic E-state index is -0.263. The largest absolute Gasteiger partial charge is 0.494 e. The lowest BCUT2D eigenvalue weighted by atomic mass is 10.1. The van der Waals surface area contributed by atoms with Gasteiger partial charge in [-0.3, -0.25) is 9.59 Å².